The molecule has 1 atom stereocenters. The number of halogens is 2. The summed E-state index contributed by atoms with van der Waals surface area (Å²) in [7, 11) is 0.364. The van der Waals surface area contributed by atoms with Crippen LogP contribution in [0.4, 0.5) is 38.9 Å². The first-order valence-corrected chi connectivity index (χ1v) is 21.3. The lowest BCUT2D eigenvalue weighted by Crippen LogP contribution is -2.54. The number of fused-ring (bicyclic) bond motifs is 1. The van der Waals surface area contributed by atoms with Crippen molar-refractivity contribution in [2.45, 2.75) is 31.7 Å². The molecule has 20 heteroatoms. The Morgan fingerprint density at radius 2 is 1.65 bits per heavy atom. The SMILES string of the molecule is [2H]C1([2H])N(CC2CCN(c3ccc(Nc4ncc(Cl)c(Nc5ccccc5P(=O)(OC)OC)n4)c(OC)c3)CC2)C([2H])([2H])C([2H])([2H])N(c2cc(F)c3c(c2)C(=O)N(C2CCC(=O)NC2=O)C3=O)C1([2H])[2H]. The first kappa shape index (κ1) is 33.9. The van der Waals surface area contributed by atoms with Crippen LogP contribution in [0.15, 0.2) is 60.8 Å². The van der Waals surface area contributed by atoms with Crippen molar-refractivity contribution >= 4 is 82.6 Å². The third-order valence-corrected chi connectivity index (χ3v) is 13.1. The van der Waals surface area contributed by atoms with E-state index in [0.717, 1.165) is 11.8 Å². The zero-order valence-corrected chi connectivity index (χ0v) is 35.2. The van der Waals surface area contributed by atoms with E-state index >= 15 is 4.39 Å². The Hall–Kier alpha value is -5.65. The molecule has 0 spiro atoms. The van der Waals surface area contributed by atoms with Crippen molar-refractivity contribution in [2.24, 2.45) is 5.92 Å². The number of imide groups is 2. The van der Waals surface area contributed by atoms with Crippen molar-refractivity contribution in [2.75, 3.05) is 87.4 Å². The normalized spacial score (nSPS) is 24.0. The fraction of sp³-hybridized carbons (Fsp3) is 0.381. The molecule has 1 unspecified atom stereocenters. The number of piperidine rings is 2. The van der Waals surface area contributed by atoms with Gasteiger partial charge in [-0.2, -0.15) is 4.98 Å². The maximum absolute atomic E-state index is 15.9. The number of anilines is 6. The highest BCUT2D eigenvalue weighted by molar-refractivity contribution is 7.62. The van der Waals surface area contributed by atoms with Gasteiger partial charge in [-0.25, -0.2) is 9.37 Å². The number of piperazine rings is 1. The molecule has 62 heavy (non-hydrogen) atoms. The van der Waals surface area contributed by atoms with Gasteiger partial charge in [0.1, 0.15) is 22.6 Å². The molecule has 0 radical (unpaired) electrons. The summed E-state index contributed by atoms with van der Waals surface area (Å²) in [5.74, 6) is -5.12. The van der Waals surface area contributed by atoms with Gasteiger partial charge in [-0.1, -0.05) is 23.7 Å². The summed E-state index contributed by atoms with van der Waals surface area (Å²) < 4.78 is 117. The fourth-order valence-electron chi connectivity index (χ4n) is 7.62. The van der Waals surface area contributed by atoms with Gasteiger partial charge in [0.15, 0.2) is 5.82 Å². The summed E-state index contributed by atoms with van der Waals surface area (Å²) in [5.41, 5.74) is -0.618. The Morgan fingerprint density at radius 1 is 0.903 bits per heavy atom. The Labute approximate surface area is 373 Å². The molecule has 3 fully saturated rings. The molecule has 3 aromatic carbocycles. The van der Waals surface area contributed by atoms with Crippen LogP contribution in [-0.4, -0.2) is 116 Å². The van der Waals surface area contributed by atoms with Gasteiger partial charge in [-0.15, -0.1) is 0 Å². The van der Waals surface area contributed by atoms with Gasteiger partial charge < -0.3 is 34.2 Å². The second-order valence-electron chi connectivity index (χ2n) is 14.5. The summed E-state index contributed by atoms with van der Waals surface area (Å²) in [5, 5.41) is 8.63. The van der Waals surface area contributed by atoms with Crippen LogP contribution in [0, 0.1) is 11.7 Å². The maximum atomic E-state index is 15.9. The summed E-state index contributed by atoms with van der Waals surface area (Å²) in [6.07, 6.45) is 1.64. The van der Waals surface area contributed by atoms with E-state index in [4.69, 9.17) is 36.4 Å². The third-order valence-electron chi connectivity index (χ3n) is 10.9. The number of nitrogens with one attached hydrogen (secondary N) is 3. The number of carbonyl (C=O) groups excluding carboxylic acids is 4. The maximum Gasteiger partial charge on any atom is 0.362 e. The minimum absolute atomic E-state index is 0.112. The van der Waals surface area contributed by atoms with Crippen molar-refractivity contribution in [1.29, 1.82) is 0 Å². The first-order chi connectivity index (χ1) is 32.9. The lowest BCUT2D eigenvalue weighted by Gasteiger charge is -2.40. The number of aromatic nitrogens is 2. The third kappa shape index (κ3) is 8.57. The average Bonchev–Trinajstić information content (AvgIpc) is 3.56. The van der Waals surface area contributed by atoms with Crippen LogP contribution in [0.1, 0.15) is 57.4 Å². The van der Waals surface area contributed by atoms with Crippen LogP contribution in [0.25, 0.3) is 0 Å². The van der Waals surface area contributed by atoms with Crippen LogP contribution in [0.5, 0.6) is 5.75 Å². The van der Waals surface area contributed by atoms with Crippen LogP contribution < -0.4 is 35.8 Å². The molecule has 5 heterocycles. The Morgan fingerprint density at radius 3 is 2.35 bits per heavy atom. The van der Waals surface area contributed by atoms with E-state index in [1.807, 2.05) is 16.3 Å². The van der Waals surface area contributed by atoms with E-state index in [1.165, 1.54) is 27.5 Å². The molecule has 0 bridgehead atoms. The standard InChI is InChI=1S/C42H46ClFN9O8P/c1-59-34-22-26(8-9-31(34)47-42-45-23-29(43)38(49-42)46-32-6-4-5-7-35(32)62(58,60-2)61-3)51-14-12-25(13-15-51)24-50-16-18-52(19-17-50)27-20-28-37(30(44)21-27)41(57)53(40(28)56)33-10-11-36(54)48-39(33)55/h4-9,20-23,25,33H,10-19,24H2,1-3H3,(H,48,54,55)(H2,45,46,47,49)/i16D2,17D2,18D2,19D2. The highest BCUT2D eigenvalue weighted by Crippen LogP contribution is 2.47. The van der Waals surface area contributed by atoms with Gasteiger partial charge >= 0.3 is 7.60 Å². The molecular weight excluding hydrogens is 844 g/mol. The zero-order chi connectivity index (χ0) is 50.9. The Balaban J connectivity index is 0.960. The number of hydrogen-bond donors (Lipinski definition) is 3. The number of para-hydroxylation sites is 1. The van der Waals surface area contributed by atoms with Crippen LogP contribution in [-0.2, 0) is 23.2 Å². The fourth-order valence-corrected chi connectivity index (χ4v) is 9.00. The highest BCUT2D eigenvalue weighted by atomic mass is 35.5. The number of ether oxygens (including phenoxy) is 1. The van der Waals surface area contributed by atoms with Crippen molar-refractivity contribution in [1.82, 2.24) is 25.1 Å². The van der Waals surface area contributed by atoms with Crippen molar-refractivity contribution in [3.05, 3.63) is 82.8 Å². The van der Waals surface area contributed by atoms with E-state index in [9.17, 15) is 23.7 Å². The predicted molar refractivity (Wildman–Crippen MR) is 231 cm³/mol. The van der Waals surface area contributed by atoms with E-state index in [-0.39, 0.29) is 39.8 Å². The number of hydrogen-bond acceptors (Lipinski definition) is 15. The van der Waals surface area contributed by atoms with Gasteiger partial charge in [0.25, 0.3) is 11.8 Å². The van der Waals surface area contributed by atoms with Gasteiger partial charge in [0.2, 0.25) is 17.8 Å². The molecule has 4 aliphatic rings. The van der Waals surface area contributed by atoms with Crippen molar-refractivity contribution in [3.8, 4) is 5.75 Å². The van der Waals surface area contributed by atoms with Gasteiger partial charge in [-0.05, 0) is 61.6 Å². The van der Waals surface area contributed by atoms with Crippen LogP contribution in [0.2, 0.25) is 5.02 Å². The molecular formula is C42H46ClFN9O8P. The second kappa shape index (κ2) is 18.0. The molecule has 4 aromatic rings. The minimum atomic E-state index is -3.66. The quantitative estimate of drug-likeness (QED) is 0.116. The lowest BCUT2D eigenvalue weighted by molar-refractivity contribution is -0.136. The molecule has 3 N–H and O–H groups in total. The summed E-state index contributed by atoms with van der Waals surface area (Å²) in [6, 6.07) is 11.8. The van der Waals surface area contributed by atoms with Crippen LogP contribution in [0.3, 0.4) is 0 Å². The van der Waals surface area contributed by atoms with Crippen molar-refractivity contribution < 1.29 is 52.9 Å². The number of nitrogens with zero attached hydrogens (tertiary/aromatic N) is 6. The minimum Gasteiger partial charge on any atom is -0.494 e. The average molecular weight is 898 g/mol. The first-order valence-electron chi connectivity index (χ1n) is 23.4. The highest BCUT2D eigenvalue weighted by Gasteiger charge is 2.46. The molecule has 4 amide bonds. The summed E-state index contributed by atoms with van der Waals surface area (Å²) in [6.45, 7) is -13.1. The molecule has 326 valence electrons. The van der Waals surface area contributed by atoms with Crippen molar-refractivity contribution in [3.63, 3.8) is 0 Å². The number of amides is 4. The number of methoxy groups -OCH3 is 1. The number of rotatable bonds is 13. The Bertz CT molecular complexity index is 2810. The molecule has 8 rings (SSSR count). The second-order valence-corrected chi connectivity index (χ2v) is 17.1. The largest absolute Gasteiger partial charge is 0.494 e. The molecule has 1 aromatic heterocycles. The zero-order valence-electron chi connectivity index (χ0n) is 41.5. The molecule has 17 nitrogen and oxygen atoms in total. The topological polar surface area (TPSA) is 188 Å². The smallest absolute Gasteiger partial charge is 0.362 e. The molecule has 0 aliphatic carbocycles. The van der Waals surface area contributed by atoms with E-state index in [2.05, 4.69) is 20.6 Å². The van der Waals surface area contributed by atoms with Gasteiger partial charge in [-0.3, -0.25) is 38.9 Å². The number of benzene rings is 3. The Kier molecular flexibility index (Phi) is 9.84. The number of carbonyl (C=O) groups is 4. The van der Waals surface area contributed by atoms with Gasteiger partial charge in [0.05, 0.1) is 46.6 Å². The van der Waals surface area contributed by atoms with Gasteiger partial charge in [0, 0.05) is 89.2 Å². The lowest BCUT2D eigenvalue weighted by atomic mass is 9.95. The predicted octanol–water partition coefficient (Wildman–Crippen LogP) is 5.32. The van der Waals surface area contributed by atoms with Crippen LogP contribution >= 0.6 is 19.2 Å². The van der Waals surface area contributed by atoms with E-state index in [0.29, 0.717) is 58.9 Å². The molecule has 3 saturated heterocycles. The summed E-state index contributed by atoms with van der Waals surface area (Å²) >= 11 is 6.45. The molecule has 0 saturated carbocycles. The van der Waals surface area contributed by atoms with E-state index in [1.54, 1.807) is 36.4 Å². The summed E-state index contributed by atoms with van der Waals surface area (Å²) in [4.78, 5) is 63.1. The monoisotopic (exact) mass is 897 g/mol. The molecule has 4 aliphatic heterocycles. The van der Waals surface area contributed by atoms with E-state index < -0.39 is 98.3 Å².